The molecule has 0 aliphatic rings. The Morgan fingerprint density at radius 3 is 2.88 bits per heavy atom. The zero-order chi connectivity index (χ0) is 12.0. The van der Waals surface area contributed by atoms with Crippen LogP contribution in [-0.4, -0.2) is 35.5 Å². The van der Waals surface area contributed by atoms with E-state index in [-0.39, 0.29) is 6.10 Å². The molecule has 0 saturated heterocycles. The quantitative estimate of drug-likeness (QED) is 0.369. The van der Waals surface area contributed by atoms with Gasteiger partial charge in [0.2, 0.25) is 0 Å². The molecule has 0 fully saturated rings. The minimum Gasteiger partial charge on any atom is -0.377 e. The highest BCUT2D eigenvalue weighted by atomic mass is 35.5. The summed E-state index contributed by atoms with van der Waals surface area (Å²) in [7, 11) is 0. The number of aromatic nitrogens is 2. The molecule has 1 aromatic rings. The SMILES string of the molecule is CSc1nc(Cl)cc(NCCOC(C)C)n1. The van der Waals surface area contributed by atoms with Gasteiger partial charge in [0.25, 0.3) is 0 Å². The van der Waals surface area contributed by atoms with Crippen LogP contribution in [0.5, 0.6) is 0 Å². The lowest BCUT2D eigenvalue weighted by Gasteiger charge is -2.09. The molecule has 0 saturated carbocycles. The average Bonchev–Trinajstić information content (AvgIpc) is 2.23. The highest BCUT2D eigenvalue weighted by Crippen LogP contribution is 2.16. The molecular formula is C10H16ClN3OS. The Morgan fingerprint density at radius 1 is 1.50 bits per heavy atom. The second-order valence-corrected chi connectivity index (χ2v) is 4.57. The van der Waals surface area contributed by atoms with Gasteiger partial charge in [-0.2, -0.15) is 0 Å². The van der Waals surface area contributed by atoms with Crippen molar-refractivity contribution in [1.82, 2.24) is 9.97 Å². The standard InChI is InChI=1S/C10H16ClN3OS/c1-7(2)15-5-4-12-9-6-8(11)13-10(14-9)16-3/h6-7H,4-5H2,1-3H3,(H,12,13,14). The Bertz CT molecular complexity index is 336. The molecule has 0 aromatic carbocycles. The first kappa shape index (κ1) is 13.5. The average molecular weight is 262 g/mol. The van der Waals surface area contributed by atoms with Crippen molar-refractivity contribution in [3.05, 3.63) is 11.2 Å². The molecule has 1 N–H and O–H groups in total. The van der Waals surface area contributed by atoms with Crippen molar-refractivity contribution >= 4 is 29.2 Å². The van der Waals surface area contributed by atoms with Crippen LogP contribution in [-0.2, 0) is 4.74 Å². The van der Waals surface area contributed by atoms with Gasteiger partial charge in [-0.15, -0.1) is 0 Å². The highest BCUT2D eigenvalue weighted by molar-refractivity contribution is 7.98. The van der Waals surface area contributed by atoms with Crippen LogP contribution in [0.15, 0.2) is 11.2 Å². The van der Waals surface area contributed by atoms with Crippen LogP contribution in [0, 0.1) is 0 Å². The first-order chi connectivity index (χ1) is 7.61. The highest BCUT2D eigenvalue weighted by Gasteiger charge is 2.01. The summed E-state index contributed by atoms with van der Waals surface area (Å²) in [6.45, 7) is 5.37. The lowest BCUT2D eigenvalue weighted by Crippen LogP contribution is -2.14. The van der Waals surface area contributed by atoms with Crippen molar-refractivity contribution in [2.75, 3.05) is 24.7 Å². The van der Waals surface area contributed by atoms with Crippen LogP contribution in [0.25, 0.3) is 0 Å². The van der Waals surface area contributed by atoms with E-state index in [0.717, 1.165) is 5.82 Å². The lowest BCUT2D eigenvalue weighted by atomic mass is 10.5. The Labute approximate surface area is 105 Å². The predicted octanol–water partition coefficient (Wildman–Crippen LogP) is 2.69. The van der Waals surface area contributed by atoms with Crippen LogP contribution in [0.2, 0.25) is 5.15 Å². The zero-order valence-corrected chi connectivity index (χ0v) is 11.2. The lowest BCUT2D eigenvalue weighted by molar-refractivity contribution is 0.0870. The maximum Gasteiger partial charge on any atom is 0.190 e. The molecule has 0 atom stereocenters. The molecule has 0 aliphatic heterocycles. The van der Waals surface area contributed by atoms with Gasteiger partial charge in [0, 0.05) is 12.6 Å². The van der Waals surface area contributed by atoms with Crippen LogP contribution >= 0.6 is 23.4 Å². The number of thioether (sulfide) groups is 1. The molecule has 0 spiro atoms. The summed E-state index contributed by atoms with van der Waals surface area (Å²) in [6.07, 6.45) is 2.16. The van der Waals surface area contributed by atoms with Gasteiger partial charge in [0.1, 0.15) is 11.0 Å². The fourth-order valence-electron chi connectivity index (χ4n) is 1.05. The number of hydrogen-bond acceptors (Lipinski definition) is 5. The van der Waals surface area contributed by atoms with Gasteiger partial charge in [0.05, 0.1) is 12.7 Å². The van der Waals surface area contributed by atoms with Crippen molar-refractivity contribution in [1.29, 1.82) is 0 Å². The molecule has 0 radical (unpaired) electrons. The number of hydrogen-bond donors (Lipinski definition) is 1. The minimum atomic E-state index is 0.248. The number of halogens is 1. The fourth-order valence-corrected chi connectivity index (χ4v) is 1.67. The second kappa shape index (κ2) is 6.93. The smallest absolute Gasteiger partial charge is 0.190 e. The van der Waals surface area contributed by atoms with Crippen LogP contribution < -0.4 is 5.32 Å². The monoisotopic (exact) mass is 261 g/mol. The molecule has 1 heterocycles. The van der Waals surface area contributed by atoms with Crippen molar-refractivity contribution in [2.24, 2.45) is 0 Å². The van der Waals surface area contributed by atoms with E-state index in [1.807, 2.05) is 20.1 Å². The number of nitrogens with one attached hydrogen (secondary N) is 1. The molecule has 0 amide bonds. The predicted molar refractivity (Wildman–Crippen MR) is 68.4 cm³/mol. The van der Waals surface area contributed by atoms with Gasteiger partial charge in [-0.25, -0.2) is 9.97 Å². The van der Waals surface area contributed by atoms with Crippen molar-refractivity contribution in [2.45, 2.75) is 25.1 Å². The van der Waals surface area contributed by atoms with E-state index < -0.39 is 0 Å². The first-order valence-corrected chi connectivity index (χ1v) is 6.66. The first-order valence-electron chi connectivity index (χ1n) is 5.06. The van der Waals surface area contributed by atoms with E-state index in [4.69, 9.17) is 16.3 Å². The summed E-state index contributed by atoms with van der Waals surface area (Å²) in [5.41, 5.74) is 0. The van der Waals surface area contributed by atoms with Gasteiger partial charge < -0.3 is 10.1 Å². The van der Waals surface area contributed by atoms with Gasteiger partial charge in [-0.05, 0) is 20.1 Å². The molecule has 1 rings (SSSR count). The van der Waals surface area contributed by atoms with E-state index in [1.54, 1.807) is 6.07 Å². The second-order valence-electron chi connectivity index (χ2n) is 3.41. The topological polar surface area (TPSA) is 47.0 Å². The molecular weight excluding hydrogens is 246 g/mol. The van der Waals surface area contributed by atoms with Gasteiger partial charge in [0.15, 0.2) is 5.16 Å². The van der Waals surface area contributed by atoms with Crippen molar-refractivity contribution in [3.8, 4) is 0 Å². The number of nitrogens with zero attached hydrogens (tertiary/aromatic N) is 2. The molecule has 4 nitrogen and oxygen atoms in total. The van der Waals surface area contributed by atoms with Crippen molar-refractivity contribution < 1.29 is 4.74 Å². The summed E-state index contributed by atoms with van der Waals surface area (Å²) in [6, 6.07) is 1.71. The zero-order valence-electron chi connectivity index (χ0n) is 9.66. The van der Waals surface area contributed by atoms with Gasteiger partial charge in [-0.3, -0.25) is 0 Å². The molecule has 0 aliphatic carbocycles. The number of rotatable bonds is 6. The van der Waals surface area contributed by atoms with E-state index in [2.05, 4.69) is 15.3 Å². The summed E-state index contributed by atoms with van der Waals surface area (Å²) in [5, 5.41) is 4.26. The maximum atomic E-state index is 5.86. The molecule has 0 bridgehead atoms. The minimum absolute atomic E-state index is 0.248. The van der Waals surface area contributed by atoms with E-state index in [9.17, 15) is 0 Å². The van der Waals surface area contributed by atoms with Crippen LogP contribution in [0.1, 0.15) is 13.8 Å². The molecule has 6 heteroatoms. The Hall–Kier alpha value is -0.520. The number of anilines is 1. The molecule has 16 heavy (non-hydrogen) atoms. The molecule has 90 valence electrons. The largest absolute Gasteiger partial charge is 0.377 e. The third kappa shape index (κ3) is 5.01. The van der Waals surface area contributed by atoms with Crippen molar-refractivity contribution in [3.63, 3.8) is 0 Å². The Morgan fingerprint density at radius 2 is 2.25 bits per heavy atom. The molecule has 0 unspecified atom stereocenters. The third-order valence-electron chi connectivity index (χ3n) is 1.72. The normalized spacial score (nSPS) is 10.8. The summed E-state index contributed by atoms with van der Waals surface area (Å²) in [5.74, 6) is 0.733. The van der Waals surface area contributed by atoms with Crippen LogP contribution in [0.4, 0.5) is 5.82 Å². The van der Waals surface area contributed by atoms with Crippen LogP contribution in [0.3, 0.4) is 0 Å². The van der Waals surface area contributed by atoms with E-state index in [0.29, 0.717) is 23.5 Å². The Kier molecular flexibility index (Phi) is 5.87. The Balaban J connectivity index is 2.44. The van der Waals surface area contributed by atoms with Gasteiger partial charge >= 0.3 is 0 Å². The molecule has 1 aromatic heterocycles. The number of ether oxygens (including phenoxy) is 1. The van der Waals surface area contributed by atoms with Gasteiger partial charge in [-0.1, -0.05) is 23.4 Å². The third-order valence-corrected chi connectivity index (χ3v) is 2.46. The van der Waals surface area contributed by atoms with E-state index in [1.165, 1.54) is 11.8 Å². The van der Waals surface area contributed by atoms with E-state index >= 15 is 0 Å². The maximum absolute atomic E-state index is 5.86. The summed E-state index contributed by atoms with van der Waals surface area (Å²) >= 11 is 7.32. The fraction of sp³-hybridized carbons (Fsp3) is 0.600. The summed E-state index contributed by atoms with van der Waals surface area (Å²) in [4.78, 5) is 8.32. The summed E-state index contributed by atoms with van der Waals surface area (Å²) < 4.78 is 5.41.